The van der Waals surface area contributed by atoms with Crippen molar-refractivity contribution < 1.29 is 4.79 Å². The molecule has 2 heteroatoms. The first kappa shape index (κ1) is 12.9. The van der Waals surface area contributed by atoms with Crippen molar-refractivity contribution in [2.45, 2.75) is 26.2 Å². The number of carbonyl (C=O) groups excluding carboxylic acids is 1. The van der Waals surface area contributed by atoms with Gasteiger partial charge in [-0.3, -0.25) is 4.79 Å². The monoisotopic (exact) mass is 265 g/mol. The fourth-order valence-electron chi connectivity index (χ4n) is 2.87. The molecule has 0 fully saturated rings. The zero-order valence-electron chi connectivity index (χ0n) is 11.9. The second-order valence-corrected chi connectivity index (χ2v) is 5.59. The van der Waals surface area contributed by atoms with E-state index in [1.807, 2.05) is 18.2 Å². The highest BCUT2D eigenvalue weighted by Gasteiger charge is 2.27. The number of rotatable bonds is 3. The first-order chi connectivity index (χ1) is 9.65. The molecule has 0 bridgehead atoms. The Balaban J connectivity index is 1.83. The fourth-order valence-corrected chi connectivity index (χ4v) is 2.87. The lowest BCUT2D eigenvalue weighted by molar-refractivity contribution is -0.119. The van der Waals surface area contributed by atoms with Crippen molar-refractivity contribution in [3.05, 3.63) is 64.7 Å². The van der Waals surface area contributed by atoms with E-state index in [0.717, 1.165) is 23.4 Å². The fraction of sp³-hybridized carbons (Fsp3) is 0.278. The van der Waals surface area contributed by atoms with Gasteiger partial charge in [-0.25, -0.2) is 0 Å². The van der Waals surface area contributed by atoms with Gasteiger partial charge in [-0.15, -0.1) is 0 Å². The average molecular weight is 265 g/mol. The molecule has 0 spiro atoms. The number of fused-ring (bicyclic) bond motifs is 1. The normalized spacial score (nSPS) is 16.6. The Labute approximate surface area is 119 Å². The third-order valence-corrected chi connectivity index (χ3v) is 4.09. The molecule has 2 aromatic rings. The molecule has 0 saturated carbocycles. The van der Waals surface area contributed by atoms with Gasteiger partial charge in [-0.2, -0.15) is 0 Å². The number of Topliss-reactive ketones (excluding diaryl/α,β-unsaturated/α-hetero) is 1. The van der Waals surface area contributed by atoms with Gasteiger partial charge in [0.15, 0.2) is 0 Å². The van der Waals surface area contributed by atoms with E-state index in [1.165, 1.54) is 11.1 Å². The topological polar surface area (TPSA) is 29.1 Å². The molecule has 1 unspecified atom stereocenters. The summed E-state index contributed by atoms with van der Waals surface area (Å²) < 4.78 is 0. The van der Waals surface area contributed by atoms with E-state index in [4.69, 9.17) is 0 Å². The maximum Gasteiger partial charge on any atom is 0.146 e. The van der Waals surface area contributed by atoms with Gasteiger partial charge in [0.05, 0.1) is 5.92 Å². The van der Waals surface area contributed by atoms with Crippen LogP contribution < -0.4 is 5.32 Å². The Morgan fingerprint density at radius 3 is 2.85 bits per heavy atom. The molecule has 0 aromatic heterocycles. The highest BCUT2D eigenvalue weighted by Crippen LogP contribution is 2.32. The highest BCUT2D eigenvalue weighted by molar-refractivity contribution is 5.91. The Kier molecular flexibility index (Phi) is 3.31. The van der Waals surface area contributed by atoms with Crippen LogP contribution in [0.5, 0.6) is 0 Å². The predicted octanol–water partition coefficient (Wildman–Crippen LogP) is 3.62. The summed E-state index contributed by atoms with van der Waals surface area (Å²) in [5.41, 5.74) is 5.81. The third kappa shape index (κ3) is 2.34. The Bertz CT molecular complexity index is 660. The van der Waals surface area contributed by atoms with Crippen LogP contribution >= 0.6 is 0 Å². The van der Waals surface area contributed by atoms with Gasteiger partial charge >= 0.3 is 0 Å². The number of nitrogens with one attached hydrogen (secondary N) is 1. The number of hydrogen-bond acceptors (Lipinski definition) is 2. The minimum atomic E-state index is -0.00823. The van der Waals surface area contributed by atoms with Crippen molar-refractivity contribution in [2.75, 3.05) is 11.9 Å². The lowest BCUT2D eigenvalue weighted by atomic mass is 9.91. The molecule has 3 rings (SSSR count). The van der Waals surface area contributed by atoms with Gasteiger partial charge in [0, 0.05) is 18.7 Å². The van der Waals surface area contributed by atoms with Crippen molar-refractivity contribution >= 4 is 11.5 Å². The number of benzene rings is 2. The van der Waals surface area contributed by atoms with Crippen molar-refractivity contribution in [3.63, 3.8) is 0 Å². The number of anilines is 1. The van der Waals surface area contributed by atoms with Gasteiger partial charge in [0.25, 0.3) is 0 Å². The maximum absolute atomic E-state index is 12.6. The summed E-state index contributed by atoms with van der Waals surface area (Å²) in [6.45, 7) is 4.87. The van der Waals surface area contributed by atoms with E-state index < -0.39 is 0 Å². The summed E-state index contributed by atoms with van der Waals surface area (Å²) >= 11 is 0. The molecular weight excluding hydrogens is 246 g/mol. The van der Waals surface area contributed by atoms with Gasteiger partial charge in [-0.1, -0.05) is 42.0 Å². The maximum atomic E-state index is 12.6. The van der Waals surface area contributed by atoms with Crippen molar-refractivity contribution in [1.82, 2.24) is 0 Å². The largest absolute Gasteiger partial charge is 0.384 e. The highest BCUT2D eigenvalue weighted by atomic mass is 16.1. The second-order valence-electron chi connectivity index (χ2n) is 5.59. The first-order valence-electron chi connectivity index (χ1n) is 7.07. The second kappa shape index (κ2) is 5.12. The summed E-state index contributed by atoms with van der Waals surface area (Å²) in [5, 5.41) is 3.32. The molecule has 1 N–H and O–H groups in total. The standard InChI is InChI=1S/C18H19NO/c1-12-7-8-13(2)14(9-12)10-18(20)16-11-19-17-6-4-3-5-15(16)17/h3-9,16,19H,10-11H2,1-2H3. The lowest BCUT2D eigenvalue weighted by Crippen LogP contribution is -2.17. The summed E-state index contributed by atoms with van der Waals surface area (Å²) in [6, 6.07) is 14.4. The zero-order valence-corrected chi connectivity index (χ0v) is 11.9. The van der Waals surface area contributed by atoms with Crippen molar-refractivity contribution in [1.29, 1.82) is 0 Å². The molecule has 0 saturated heterocycles. The molecule has 0 amide bonds. The lowest BCUT2D eigenvalue weighted by Gasteiger charge is -2.11. The van der Waals surface area contributed by atoms with E-state index in [0.29, 0.717) is 12.2 Å². The van der Waals surface area contributed by atoms with Crippen LogP contribution in [0.15, 0.2) is 42.5 Å². The van der Waals surface area contributed by atoms with Crippen LogP contribution in [0.4, 0.5) is 5.69 Å². The Hall–Kier alpha value is -2.09. The van der Waals surface area contributed by atoms with Gasteiger partial charge in [-0.05, 0) is 36.6 Å². The summed E-state index contributed by atoms with van der Waals surface area (Å²) in [4.78, 5) is 12.6. The molecule has 0 aliphatic carbocycles. The molecule has 1 atom stereocenters. The molecule has 2 nitrogen and oxygen atoms in total. The average Bonchev–Trinajstić information content (AvgIpc) is 2.87. The predicted molar refractivity (Wildman–Crippen MR) is 82.3 cm³/mol. The zero-order chi connectivity index (χ0) is 14.1. The van der Waals surface area contributed by atoms with Crippen LogP contribution in [0.3, 0.4) is 0 Å². The summed E-state index contributed by atoms with van der Waals surface area (Å²) in [6.07, 6.45) is 0.522. The molecule has 1 heterocycles. The van der Waals surface area contributed by atoms with Crippen molar-refractivity contribution in [2.24, 2.45) is 0 Å². The van der Waals surface area contributed by atoms with Crippen LogP contribution in [-0.4, -0.2) is 12.3 Å². The van der Waals surface area contributed by atoms with Gasteiger partial charge < -0.3 is 5.32 Å². The molecule has 2 aromatic carbocycles. The number of para-hydroxylation sites is 1. The van der Waals surface area contributed by atoms with Crippen LogP contribution in [0.25, 0.3) is 0 Å². The van der Waals surface area contributed by atoms with E-state index in [-0.39, 0.29) is 5.92 Å². The third-order valence-electron chi connectivity index (χ3n) is 4.09. The van der Waals surface area contributed by atoms with Gasteiger partial charge in [0.2, 0.25) is 0 Å². The van der Waals surface area contributed by atoms with E-state index in [9.17, 15) is 4.79 Å². The molecule has 102 valence electrons. The molecule has 1 aliphatic heterocycles. The van der Waals surface area contributed by atoms with E-state index in [2.05, 4.69) is 43.4 Å². The molecular formula is C18H19NO. The summed E-state index contributed by atoms with van der Waals surface area (Å²) in [7, 11) is 0. The first-order valence-corrected chi connectivity index (χ1v) is 7.07. The Morgan fingerprint density at radius 1 is 1.20 bits per heavy atom. The Morgan fingerprint density at radius 2 is 2.00 bits per heavy atom. The van der Waals surface area contributed by atoms with E-state index >= 15 is 0 Å². The molecule has 0 radical (unpaired) electrons. The number of carbonyl (C=O) groups is 1. The van der Waals surface area contributed by atoms with Crippen LogP contribution in [0.2, 0.25) is 0 Å². The van der Waals surface area contributed by atoms with Crippen LogP contribution in [0, 0.1) is 13.8 Å². The summed E-state index contributed by atoms with van der Waals surface area (Å²) in [5.74, 6) is 0.294. The quantitative estimate of drug-likeness (QED) is 0.918. The SMILES string of the molecule is Cc1ccc(C)c(CC(=O)C2CNc3ccccc32)c1. The van der Waals surface area contributed by atoms with E-state index in [1.54, 1.807) is 0 Å². The minimum Gasteiger partial charge on any atom is -0.384 e. The van der Waals surface area contributed by atoms with Crippen LogP contribution in [0.1, 0.15) is 28.2 Å². The number of ketones is 1. The van der Waals surface area contributed by atoms with Crippen LogP contribution in [-0.2, 0) is 11.2 Å². The number of aryl methyl sites for hydroxylation is 2. The smallest absolute Gasteiger partial charge is 0.146 e. The van der Waals surface area contributed by atoms with Gasteiger partial charge in [0.1, 0.15) is 5.78 Å². The molecule has 1 aliphatic rings. The molecule has 20 heavy (non-hydrogen) atoms. The minimum absolute atomic E-state index is 0.00823. The number of hydrogen-bond donors (Lipinski definition) is 1. The van der Waals surface area contributed by atoms with Crippen molar-refractivity contribution in [3.8, 4) is 0 Å².